The van der Waals surface area contributed by atoms with Crippen LogP contribution in [0.25, 0.3) is 0 Å². The Morgan fingerprint density at radius 3 is 2.56 bits per heavy atom. The van der Waals surface area contributed by atoms with Crippen LogP contribution >= 0.6 is 15.6 Å². The molecule has 2 saturated carbocycles. The first-order valence-corrected chi connectivity index (χ1v) is 10.2. The third-order valence-corrected chi connectivity index (χ3v) is 6.77. The van der Waals surface area contributed by atoms with Crippen molar-refractivity contribution in [1.29, 1.82) is 0 Å². The van der Waals surface area contributed by atoms with Crippen LogP contribution in [-0.4, -0.2) is 42.0 Å². The molecule has 0 radical (unpaired) electrons. The van der Waals surface area contributed by atoms with Gasteiger partial charge in [0.05, 0.1) is 18.2 Å². The Hall–Kier alpha value is -1.10. The Labute approximate surface area is 139 Å². The van der Waals surface area contributed by atoms with E-state index in [1.165, 1.54) is 16.8 Å². The minimum atomic E-state index is -5.22. The maximum Gasteiger partial charge on any atom is 0.481 e. The Balaban J connectivity index is 1.72. The molecule has 0 bridgehead atoms. The first-order valence-electron chi connectivity index (χ1n) is 7.18. The summed E-state index contributed by atoms with van der Waals surface area (Å²) in [5.41, 5.74) is -1.90. The van der Waals surface area contributed by atoms with Crippen LogP contribution in [0.5, 0.6) is 0 Å². The molecule has 2 fully saturated rings. The molecule has 25 heavy (non-hydrogen) atoms. The summed E-state index contributed by atoms with van der Waals surface area (Å²) < 4.78 is 31.7. The molecule has 140 valence electrons. The van der Waals surface area contributed by atoms with Crippen LogP contribution in [0.2, 0.25) is 0 Å². The van der Waals surface area contributed by atoms with E-state index in [2.05, 4.69) is 13.8 Å². The van der Waals surface area contributed by atoms with Crippen LogP contribution in [-0.2, 0) is 23.5 Å². The van der Waals surface area contributed by atoms with Gasteiger partial charge >= 0.3 is 21.3 Å². The molecule has 1 aromatic rings. The first kappa shape index (κ1) is 18.7. The largest absolute Gasteiger partial charge is 0.481 e. The van der Waals surface area contributed by atoms with Gasteiger partial charge in [0, 0.05) is 18.2 Å². The monoisotopic (exact) mass is 398 g/mol. The number of aliphatic hydroxyl groups excluding tert-OH is 1. The van der Waals surface area contributed by atoms with Gasteiger partial charge in [-0.3, -0.25) is 18.9 Å². The van der Waals surface area contributed by atoms with Crippen molar-refractivity contribution in [2.75, 3.05) is 6.61 Å². The zero-order valence-electron chi connectivity index (χ0n) is 12.6. The first-order chi connectivity index (χ1) is 11.4. The van der Waals surface area contributed by atoms with Gasteiger partial charge in [0.25, 0.3) is 5.56 Å². The molecule has 0 aromatic carbocycles. The minimum Gasteiger partial charge on any atom is -0.393 e. The van der Waals surface area contributed by atoms with E-state index in [1.54, 1.807) is 0 Å². The zero-order chi connectivity index (χ0) is 18.6. The van der Waals surface area contributed by atoms with Gasteiger partial charge in [-0.1, -0.05) is 0 Å². The molecule has 0 spiro atoms. The number of phosphoric acid groups is 2. The van der Waals surface area contributed by atoms with Gasteiger partial charge < -0.3 is 19.8 Å². The summed E-state index contributed by atoms with van der Waals surface area (Å²) in [6.07, 6.45) is 1.02. The van der Waals surface area contributed by atoms with Gasteiger partial charge in [0.15, 0.2) is 0 Å². The Morgan fingerprint density at radius 1 is 1.28 bits per heavy atom. The van der Waals surface area contributed by atoms with Gasteiger partial charge in [0.1, 0.15) is 0 Å². The van der Waals surface area contributed by atoms with E-state index in [0.29, 0.717) is 6.42 Å². The summed E-state index contributed by atoms with van der Waals surface area (Å²) >= 11 is 0. The van der Waals surface area contributed by atoms with Crippen molar-refractivity contribution in [2.24, 2.45) is 11.8 Å². The number of aromatic amines is 1. The topological polar surface area (TPSA) is 188 Å². The molecule has 12 nitrogen and oxygen atoms in total. The van der Waals surface area contributed by atoms with Gasteiger partial charge in [-0.2, -0.15) is 4.31 Å². The molecule has 14 heteroatoms. The maximum atomic E-state index is 11.9. The fraction of sp³-hybridized carbons (Fsp3) is 0.636. The highest BCUT2D eigenvalue weighted by molar-refractivity contribution is 7.60. The number of H-pyrrole nitrogens is 1. The molecule has 2 aliphatic carbocycles. The predicted molar refractivity (Wildman–Crippen MR) is 80.4 cm³/mol. The van der Waals surface area contributed by atoms with E-state index >= 15 is 0 Å². The van der Waals surface area contributed by atoms with Crippen LogP contribution in [0, 0.1) is 11.8 Å². The predicted octanol–water partition coefficient (Wildman–Crippen LogP) is -1.14. The number of aromatic nitrogens is 2. The number of aliphatic hydroxyl groups is 1. The van der Waals surface area contributed by atoms with Crippen LogP contribution in [0.15, 0.2) is 21.9 Å². The summed E-state index contributed by atoms with van der Waals surface area (Å²) in [7, 11) is -10.2. The second-order valence-corrected chi connectivity index (χ2v) is 9.00. The normalized spacial score (nSPS) is 33.7. The quantitative estimate of drug-likeness (QED) is 0.366. The summed E-state index contributed by atoms with van der Waals surface area (Å²) in [5.74, 6) is -0.902. The Bertz CT molecular complexity index is 889. The molecule has 0 saturated heterocycles. The molecule has 1 aromatic heterocycles. The van der Waals surface area contributed by atoms with E-state index in [1.807, 2.05) is 0 Å². The summed E-state index contributed by atoms with van der Waals surface area (Å²) in [6, 6.07) is 1.18. The van der Waals surface area contributed by atoms with Crippen molar-refractivity contribution in [3.63, 3.8) is 0 Å². The van der Waals surface area contributed by atoms with Crippen LogP contribution in [0.4, 0.5) is 0 Å². The van der Waals surface area contributed by atoms with Crippen molar-refractivity contribution >= 4 is 15.6 Å². The molecule has 1 unspecified atom stereocenters. The highest BCUT2D eigenvalue weighted by Gasteiger charge is 2.67. The van der Waals surface area contributed by atoms with Crippen molar-refractivity contribution < 1.29 is 37.8 Å². The summed E-state index contributed by atoms with van der Waals surface area (Å²) in [6.45, 7) is -0.487. The molecular formula is C11H16N2O10P2. The standard InChI is InChI=1S/C11H16N2O10P2/c14-8-4-11(13-2-1-9(15)12-10(13)16)3-7(11)6(8)5-22-25(20,21)23-24(17,18)19/h1-2,6-8,14H,3-5H2,(H,20,21)(H,12,15,16)(H2,17,18,19)/t6-,7-,8-,11-/m0/s1. The average molecular weight is 398 g/mol. The SMILES string of the molecule is O=c1ccn([C@@]23C[C@H](O)[C@@H](COP(=O)(O)OP(=O)(O)O)[C@@H]2C3)c(=O)[nH]1. The molecule has 5 atom stereocenters. The van der Waals surface area contributed by atoms with E-state index in [4.69, 9.17) is 9.79 Å². The van der Waals surface area contributed by atoms with E-state index in [0.717, 1.165) is 0 Å². The molecule has 0 aliphatic heterocycles. The van der Waals surface area contributed by atoms with E-state index in [-0.39, 0.29) is 12.3 Å². The van der Waals surface area contributed by atoms with Gasteiger partial charge in [0.2, 0.25) is 0 Å². The molecule has 0 amide bonds. The number of phosphoric ester groups is 1. The number of hydrogen-bond acceptors (Lipinski definition) is 7. The number of nitrogens with zero attached hydrogens (tertiary/aromatic N) is 1. The summed E-state index contributed by atoms with van der Waals surface area (Å²) in [4.78, 5) is 51.6. The third-order valence-electron chi connectivity index (χ3n) is 4.62. The summed E-state index contributed by atoms with van der Waals surface area (Å²) in [5, 5.41) is 10.2. The number of hydrogen-bond donors (Lipinski definition) is 5. The Kier molecular flexibility index (Phi) is 4.46. The van der Waals surface area contributed by atoms with Crippen molar-refractivity contribution in [3.8, 4) is 0 Å². The lowest BCUT2D eigenvalue weighted by atomic mass is 10.0. The fourth-order valence-electron chi connectivity index (χ4n) is 3.60. The van der Waals surface area contributed by atoms with E-state index < -0.39 is 51.1 Å². The molecular weight excluding hydrogens is 382 g/mol. The average Bonchev–Trinajstić information content (AvgIpc) is 3.03. The number of rotatable bonds is 6. The van der Waals surface area contributed by atoms with Gasteiger partial charge in [-0.05, 0) is 18.8 Å². The minimum absolute atomic E-state index is 0.173. The van der Waals surface area contributed by atoms with Gasteiger partial charge in [-0.25, -0.2) is 13.9 Å². The lowest BCUT2D eigenvalue weighted by Gasteiger charge is -2.19. The van der Waals surface area contributed by atoms with Crippen molar-refractivity contribution in [2.45, 2.75) is 24.5 Å². The number of fused-ring (bicyclic) bond motifs is 1. The second-order valence-electron chi connectivity index (χ2n) is 6.17. The highest BCUT2D eigenvalue weighted by Crippen LogP contribution is 2.65. The fourth-order valence-corrected chi connectivity index (χ4v) is 5.22. The van der Waals surface area contributed by atoms with E-state index in [9.17, 15) is 28.7 Å². The molecule has 3 rings (SSSR count). The Morgan fingerprint density at radius 2 is 1.96 bits per heavy atom. The molecule has 5 N–H and O–H groups in total. The smallest absolute Gasteiger partial charge is 0.393 e. The molecule has 2 aliphatic rings. The second kappa shape index (κ2) is 5.97. The highest BCUT2D eigenvalue weighted by atomic mass is 31.3. The zero-order valence-corrected chi connectivity index (χ0v) is 14.4. The lowest BCUT2D eigenvalue weighted by molar-refractivity contribution is 0.0668. The van der Waals surface area contributed by atoms with Crippen molar-refractivity contribution in [1.82, 2.24) is 9.55 Å². The van der Waals surface area contributed by atoms with Gasteiger partial charge in [-0.15, -0.1) is 0 Å². The lowest BCUT2D eigenvalue weighted by Crippen LogP contribution is -2.36. The van der Waals surface area contributed by atoms with Crippen LogP contribution < -0.4 is 11.2 Å². The molecule has 1 heterocycles. The van der Waals surface area contributed by atoms with Crippen molar-refractivity contribution in [3.05, 3.63) is 33.1 Å². The van der Waals surface area contributed by atoms with Crippen LogP contribution in [0.3, 0.4) is 0 Å². The number of nitrogens with one attached hydrogen (secondary N) is 1. The van der Waals surface area contributed by atoms with Crippen LogP contribution in [0.1, 0.15) is 12.8 Å². The maximum absolute atomic E-state index is 11.9. The third kappa shape index (κ3) is 3.71.